The Morgan fingerprint density at radius 3 is 2.42 bits per heavy atom. The fraction of sp³-hybridized carbons (Fsp3) is 0.611. The number of aryl methyl sites for hydroxylation is 1. The lowest BCUT2D eigenvalue weighted by Gasteiger charge is -2.22. The van der Waals surface area contributed by atoms with Crippen LogP contribution in [0.5, 0.6) is 0 Å². The summed E-state index contributed by atoms with van der Waals surface area (Å²) in [5.41, 5.74) is 1.46. The highest BCUT2D eigenvalue weighted by molar-refractivity contribution is 6.11. The van der Waals surface area contributed by atoms with Crippen molar-refractivity contribution in [1.82, 2.24) is 14.8 Å². The minimum Gasteiger partial charge on any atom is -0.351 e. The van der Waals surface area contributed by atoms with Gasteiger partial charge in [-0.1, -0.05) is 13.8 Å². The van der Waals surface area contributed by atoms with Gasteiger partial charge in [0.25, 0.3) is 5.91 Å². The molecule has 1 atom stereocenters. The van der Waals surface area contributed by atoms with E-state index in [9.17, 15) is 14.4 Å². The van der Waals surface area contributed by atoms with Gasteiger partial charge in [0.05, 0.1) is 6.54 Å². The molecule has 0 saturated carbocycles. The Kier molecular flexibility index (Phi) is 4.87. The molecule has 2 rings (SSSR count). The number of imide groups is 1. The minimum absolute atomic E-state index is 0.215. The maximum atomic E-state index is 12.7. The van der Waals surface area contributed by atoms with Crippen LogP contribution >= 0.6 is 0 Å². The number of nitrogens with one attached hydrogen (secondary N) is 1. The summed E-state index contributed by atoms with van der Waals surface area (Å²) in [7, 11) is 1.89. The van der Waals surface area contributed by atoms with Gasteiger partial charge in [-0.15, -0.1) is 0 Å². The molecule has 2 heterocycles. The van der Waals surface area contributed by atoms with Gasteiger partial charge in [0.2, 0.25) is 0 Å². The third-order valence-corrected chi connectivity index (χ3v) is 4.94. The first-order valence-electron chi connectivity index (χ1n) is 8.37. The van der Waals surface area contributed by atoms with E-state index in [0.29, 0.717) is 17.9 Å². The van der Waals surface area contributed by atoms with Gasteiger partial charge >= 0.3 is 6.03 Å². The lowest BCUT2D eigenvalue weighted by Crippen LogP contribution is -2.44. The van der Waals surface area contributed by atoms with E-state index in [2.05, 4.69) is 19.2 Å². The Bertz CT molecular complexity index is 690. The van der Waals surface area contributed by atoms with Crippen LogP contribution in [0.25, 0.3) is 0 Å². The normalized spacial score (nSPS) is 20.9. The van der Waals surface area contributed by atoms with Gasteiger partial charge in [0.15, 0.2) is 5.78 Å². The van der Waals surface area contributed by atoms with Crippen LogP contribution in [0.1, 0.15) is 55.4 Å². The highest BCUT2D eigenvalue weighted by Crippen LogP contribution is 2.25. The number of urea groups is 1. The van der Waals surface area contributed by atoms with Gasteiger partial charge in [-0.2, -0.15) is 0 Å². The maximum absolute atomic E-state index is 12.7. The average molecular weight is 333 g/mol. The van der Waals surface area contributed by atoms with E-state index in [1.54, 1.807) is 13.0 Å². The number of carbonyl (C=O) groups is 3. The molecular weight excluding hydrogens is 306 g/mol. The number of rotatable bonds is 6. The molecule has 1 unspecified atom stereocenters. The number of nitrogens with zero attached hydrogens (tertiary/aromatic N) is 2. The molecule has 3 amide bonds. The van der Waals surface area contributed by atoms with E-state index in [1.165, 1.54) is 0 Å². The lowest BCUT2D eigenvalue weighted by molar-refractivity contribution is -0.130. The first-order chi connectivity index (χ1) is 11.1. The molecule has 24 heavy (non-hydrogen) atoms. The number of Topliss-reactive ketones (excluding diaryl/α,β-unsaturated/α-hetero) is 1. The summed E-state index contributed by atoms with van der Waals surface area (Å²) in [6.07, 6.45) is 1.41. The van der Waals surface area contributed by atoms with Crippen LogP contribution in [-0.4, -0.2) is 39.3 Å². The molecule has 0 radical (unpaired) electrons. The average Bonchev–Trinajstić information content (AvgIpc) is 2.88. The van der Waals surface area contributed by atoms with E-state index < -0.39 is 11.6 Å². The Labute approximate surface area is 143 Å². The fourth-order valence-electron chi connectivity index (χ4n) is 3.00. The molecule has 1 aliphatic rings. The van der Waals surface area contributed by atoms with E-state index in [0.717, 1.165) is 22.7 Å². The van der Waals surface area contributed by atoms with Crippen molar-refractivity contribution in [2.24, 2.45) is 13.0 Å². The molecule has 132 valence electrons. The summed E-state index contributed by atoms with van der Waals surface area (Å²) in [5.74, 6) is -0.0863. The van der Waals surface area contributed by atoms with E-state index in [-0.39, 0.29) is 18.2 Å². The molecule has 0 spiro atoms. The van der Waals surface area contributed by atoms with Crippen LogP contribution in [-0.2, 0) is 11.8 Å². The summed E-state index contributed by atoms with van der Waals surface area (Å²) in [4.78, 5) is 38.5. The number of hydrogen-bond donors (Lipinski definition) is 1. The van der Waals surface area contributed by atoms with Gasteiger partial charge in [-0.05, 0) is 45.6 Å². The Balaban J connectivity index is 2.15. The predicted octanol–water partition coefficient (Wildman–Crippen LogP) is 2.57. The topological polar surface area (TPSA) is 71.4 Å². The maximum Gasteiger partial charge on any atom is 0.325 e. The third-order valence-electron chi connectivity index (χ3n) is 4.94. The fourth-order valence-corrected chi connectivity index (χ4v) is 3.00. The monoisotopic (exact) mass is 333 g/mol. The number of aromatic nitrogens is 1. The van der Waals surface area contributed by atoms with Crippen LogP contribution in [0.2, 0.25) is 0 Å². The SMILES string of the molecule is Cc1cc(C(=O)CN2C(=O)NC(C)(CCC(C)C)C2=O)c(C)n1C. The van der Waals surface area contributed by atoms with Crippen LogP contribution in [0.4, 0.5) is 4.79 Å². The molecule has 6 nitrogen and oxygen atoms in total. The first kappa shape index (κ1) is 18.2. The molecular formula is C18H27N3O3. The van der Waals surface area contributed by atoms with Gasteiger partial charge in [0, 0.05) is 24.0 Å². The molecule has 1 aromatic rings. The van der Waals surface area contributed by atoms with Crippen molar-refractivity contribution < 1.29 is 14.4 Å². The minimum atomic E-state index is -0.913. The summed E-state index contributed by atoms with van der Waals surface area (Å²) in [5, 5.41) is 2.75. The molecule has 1 saturated heterocycles. The zero-order valence-electron chi connectivity index (χ0n) is 15.4. The summed E-state index contributed by atoms with van der Waals surface area (Å²) in [6.45, 7) is 9.45. The van der Waals surface area contributed by atoms with Crippen molar-refractivity contribution in [3.05, 3.63) is 23.0 Å². The Morgan fingerprint density at radius 2 is 1.92 bits per heavy atom. The number of carbonyl (C=O) groups excluding carboxylic acids is 3. The van der Waals surface area contributed by atoms with Crippen LogP contribution in [0.15, 0.2) is 6.07 Å². The quantitative estimate of drug-likeness (QED) is 0.642. The van der Waals surface area contributed by atoms with Crippen molar-refractivity contribution in [2.45, 2.75) is 53.0 Å². The van der Waals surface area contributed by atoms with Crippen LogP contribution in [0, 0.1) is 19.8 Å². The predicted molar refractivity (Wildman–Crippen MR) is 91.9 cm³/mol. The third kappa shape index (κ3) is 3.23. The number of amides is 3. The van der Waals surface area contributed by atoms with Gasteiger partial charge in [-0.25, -0.2) is 4.79 Å². The molecule has 0 aromatic carbocycles. The summed E-state index contributed by atoms with van der Waals surface area (Å²) < 4.78 is 1.92. The molecule has 1 fully saturated rings. The Morgan fingerprint density at radius 1 is 1.29 bits per heavy atom. The molecule has 1 aromatic heterocycles. The molecule has 1 aliphatic heterocycles. The lowest BCUT2D eigenvalue weighted by atomic mass is 9.92. The largest absolute Gasteiger partial charge is 0.351 e. The second kappa shape index (κ2) is 6.42. The smallest absolute Gasteiger partial charge is 0.325 e. The van der Waals surface area contributed by atoms with E-state index in [4.69, 9.17) is 0 Å². The zero-order valence-corrected chi connectivity index (χ0v) is 15.4. The number of hydrogen-bond acceptors (Lipinski definition) is 3. The first-order valence-corrected chi connectivity index (χ1v) is 8.37. The summed E-state index contributed by atoms with van der Waals surface area (Å²) in [6, 6.07) is 1.32. The summed E-state index contributed by atoms with van der Waals surface area (Å²) >= 11 is 0. The number of ketones is 1. The van der Waals surface area contributed by atoms with Crippen molar-refractivity contribution in [1.29, 1.82) is 0 Å². The van der Waals surface area contributed by atoms with Gasteiger partial charge < -0.3 is 9.88 Å². The Hall–Kier alpha value is -2.11. The van der Waals surface area contributed by atoms with E-state index >= 15 is 0 Å². The van der Waals surface area contributed by atoms with Crippen molar-refractivity contribution in [3.63, 3.8) is 0 Å². The standard InChI is InChI=1S/C18H27N3O3/c1-11(2)7-8-18(5)16(23)21(17(24)19-18)10-15(22)14-9-12(3)20(6)13(14)4/h9,11H,7-8,10H2,1-6H3,(H,19,24). The van der Waals surface area contributed by atoms with Crippen LogP contribution < -0.4 is 5.32 Å². The van der Waals surface area contributed by atoms with Gasteiger partial charge in [-0.3, -0.25) is 14.5 Å². The van der Waals surface area contributed by atoms with Crippen molar-refractivity contribution >= 4 is 17.7 Å². The van der Waals surface area contributed by atoms with E-state index in [1.807, 2.05) is 25.5 Å². The second-order valence-electron chi connectivity index (χ2n) is 7.35. The van der Waals surface area contributed by atoms with Gasteiger partial charge in [0.1, 0.15) is 5.54 Å². The highest BCUT2D eigenvalue weighted by Gasteiger charge is 2.47. The molecule has 1 N–H and O–H groups in total. The van der Waals surface area contributed by atoms with Crippen molar-refractivity contribution in [3.8, 4) is 0 Å². The molecule has 0 bridgehead atoms. The second-order valence-corrected chi connectivity index (χ2v) is 7.35. The van der Waals surface area contributed by atoms with Crippen LogP contribution in [0.3, 0.4) is 0 Å². The molecule has 0 aliphatic carbocycles. The zero-order chi connectivity index (χ0) is 18.2. The van der Waals surface area contributed by atoms with Crippen molar-refractivity contribution in [2.75, 3.05) is 6.54 Å². The highest BCUT2D eigenvalue weighted by atomic mass is 16.2. The molecule has 6 heteroatoms.